The lowest BCUT2D eigenvalue weighted by Crippen LogP contribution is -2.39. The van der Waals surface area contributed by atoms with Gasteiger partial charge in [0.15, 0.2) is 0 Å². The zero-order valence-corrected chi connectivity index (χ0v) is 21.1. The number of rotatable bonds is 6. The van der Waals surface area contributed by atoms with Crippen LogP contribution in [0.4, 0.5) is 14.9 Å². The molecule has 1 N–H and O–H groups in total. The van der Waals surface area contributed by atoms with Gasteiger partial charge in [-0.25, -0.2) is 14.2 Å². The van der Waals surface area contributed by atoms with Gasteiger partial charge in [0.05, 0.1) is 28.3 Å². The molecule has 0 radical (unpaired) electrons. The standard InChI is InChI=1S/C31H27FN4O2/c1-21-11-10-14-24(19-21)36-29(33-27-17-8-6-15-25(27)30(36)37)22(2)35(20-23-12-4-3-5-13-23)31(38)34-28-18-9-7-16-26(28)32/h3-19,22H,20H2,1-2H3,(H,34,38). The van der Waals surface area contributed by atoms with Crippen molar-refractivity contribution in [1.82, 2.24) is 14.5 Å². The molecular formula is C31H27FN4O2. The number of nitrogens with one attached hydrogen (secondary N) is 1. The number of carbonyl (C=O) groups is 1. The maximum atomic E-state index is 14.4. The molecule has 1 atom stereocenters. The predicted octanol–water partition coefficient (Wildman–Crippen LogP) is 6.63. The Morgan fingerprint density at radius 2 is 1.66 bits per heavy atom. The Hall–Kier alpha value is -4.78. The lowest BCUT2D eigenvalue weighted by atomic mass is 10.1. The summed E-state index contributed by atoms with van der Waals surface area (Å²) < 4.78 is 16.0. The Balaban J connectivity index is 1.66. The molecule has 0 aliphatic rings. The molecule has 1 heterocycles. The summed E-state index contributed by atoms with van der Waals surface area (Å²) in [4.78, 5) is 33.9. The number of carbonyl (C=O) groups excluding carboxylic acids is 1. The molecule has 0 aliphatic carbocycles. The summed E-state index contributed by atoms with van der Waals surface area (Å²) in [5.41, 5.74) is 2.91. The summed E-state index contributed by atoms with van der Waals surface area (Å²) in [5.74, 6) is -0.132. The van der Waals surface area contributed by atoms with E-state index in [4.69, 9.17) is 4.98 Å². The minimum Gasteiger partial charge on any atom is -0.310 e. The van der Waals surface area contributed by atoms with Crippen LogP contribution in [0, 0.1) is 12.7 Å². The van der Waals surface area contributed by atoms with Crippen molar-refractivity contribution in [3.63, 3.8) is 0 Å². The molecule has 5 aromatic rings. The van der Waals surface area contributed by atoms with E-state index < -0.39 is 17.9 Å². The summed E-state index contributed by atoms with van der Waals surface area (Å²) in [5, 5.41) is 3.18. The number of halogens is 1. The number of aromatic nitrogens is 2. The summed E-state index contributed by atoms with van der Waals surface area (Å²) in [6, 6.07) is 29.1. The molecule has 1 aromatic heterocycles. The number of amides is 2. The molecule has 1 unspecified atom stereocenters. The van der Waals surface area contributed by atoms with Gasteiger partial charge in [-0.05, 0) is 61.4 Å². The second-order valence-electron chi connectivity index (χ2n) is 9.17. The average molecular weight is 507 g/mol. The maximum absolute atomic E-state index is 14.4. The molecule has 38 heavy (non-hydrogen) atoms. The predicted molar refractivity (Wildman–Crippen MR) is 148 cm³/mol. The molecule has 0 saturated carbocycles. The fourth-order valence-electron chi connectivity index (χ4n) is 4.50. The van der Waals surface area contributed by atoms with Crippen molar-refractivity contribution < 1.29 is 9.18 Å². The van der Waals surface area contributed by atoms with E-state index in [9.17, 15) is 14.0 Å². The molecule has 0 spiro atoms. The van der Waals surface area contributed by atoms with Gasteiger partial charge in [-0.1, -0.05) is 66.7 Å². The highest BCUT2D eigenvalue weighted by Crippen LogP contribution is 2.26. The summed E-state index contributed by atoms with van der Waals surface area (Å²) in [7, 11) is 0. The van der Waals surface area contributed by atoms with Crippen molar-refractivity contribution in [1.29, 1.82) is 0 Å². The van der Waals surface area contributed by atoms with Gasteiger partial charge < -0.3 is 10.2 Å². The smallest absolute Gasteiger partial charge is 0.310 e. The van der Waals surface area contributed by atoms with Crippen LogP contribution in [-0.2, 0) is 6.54 Å². The van der Waals surface area contributed by atoms with Crippen LogP contribution < -0.4 is 10.9 Å². The van der Waals surface area contributed by atoms with E-state index in [1.807, 2.05) is 74.5 Å². The van der Waals surface area contributed by atoms with Crippen LogP contribution in [0.15, 0.2) is 108 Å². The van der Waals surface area contributed by atoms with Crippen molar-refractivity contribution in [3.8, 4) is 5.69 Å². The Kier molecular flexibility index (Phi) is 7.00. The van der Waals surface area contributed by atoms with E-state index in [1.54, 1.807) is 39.8 Å². The fraction of sp³-hybridized carbons (Fsp3) is 0.129. The molecular weight excluding hydrogens is 479 g/mol. The first-order valence-corrected chi connectivity index (χ1v) is 12.4. The number of fused-ring (bicyclic) bond motifs is 1. The van der Waals surface area contributed by atoms with Crippen LogP contribution in [0.2, 0.25) is 0 Å². The van der Waals surface area contributed by atoms with Gasteiger partial charge in [0.1, 0.15) is 11.6 Å². The first kappa shape index (κ1) is 24.9. The van der Waals surface area contributed by atoms with E-state index in [-0.39, 0.29) is 17.8 Å². The van der Waals surface area contributed by atoms with Crippen LogP contribution in [0.1, 0.15) is 29.9 Å². The molecule has 6 nitrogen and oxygen atoms in total. The lowest BCUT2D eigenvalue weighted by molar-refractivity contribution is 0.185. The molecule has 0 aliphatic heterocycles. The molecule has 0 saturated heterocycles. The van der Waals surface area contributed by atoms with E-state index in [0.29, 0.717) is 22.4 Å². The number of anilines is 1. The van der Waals surface area contributed by atoms with Gasteiger partial charge in [-0.15, -0.1) is 0 Å². The molecule has 4 aromatic carbocycles. The van der Waals surface area contributed by atoms with Gasteiger partial charge in [-0.2, -0.15) is 0 Å². The highest BCUT2D eigenvalue weighted by atomic mass is 19.1. The number of urea groups is 1. The quantitative estimate of drug-likeness (QED) is 0.281. The molecule has 0 fully saturated rings. The van der Waals surface area contributed by atoms with Crippen LogP contribution in [0.3, 0.4) is 0 Å². The van der Waals surface area contributed by atoms with Gasteiger partial charge in [-0.3, -0.25) is 9.36 Å². The Morgan fingerprint density at radius 3 is 2.42 bits per heavy atom. The van der Waals surface area contributed by atoms with E-state index in [2.05, 4.69) is 5.32 Å². The molecule has 190 valence electrons. The number of aryl methyl sites for hydroxylation is 1. The normalized spacial score (nSPS) is 11.8. The SMILES string of the molecule is Cc1cccc(-n2c(C(C)N(Cc3ccccc3)C(=O)Nc3ccccc3F)nc3ccccc3c2=O)c1. The number of hydrogen-bond donors (Lipinski definition) is 1. The fourth-order valence-corrected chi connectivity index (χ4v) is 4.50. The zero-order chi connectivity index (χ0) is 26.6. The first-order chi connectivity index (χ1) is 18.4. The minimum absolute atomic E-state index is 0.0744. The Labute approximate surface area is 220 Å². The number of benzene rings is 4. The van der Waals surface area contributed by atoms with Gasteiger partial charge >= 0.3 is 6.03 Å². The zero-order valence-electron chi connectivity index (χ0n) is 21.1. The summed E-state index contributed by atoms with van der Waals surface area (Å²) >= 11 is 0. The van der Waals surface area contributed by atoms with Crippen LogP contribution >= 0.6 is 0 Å². The van der Waals surface area contributed by atoms with Crippen LogP contribution in [-0.4, -0.2) is 20.5 Å². The topological polar surface area (TPSA) is 67.2 Å². The van der Waals surface area contributed by atoms with E-state index >= 15 is 0 Å². The Bertz CT molecular complexity index is 1670. The third-order valence-electron chi connectivity index (χ3n) is 6.47. The number of para-hydroxylation sites is 2. The minimum atomic E-state index is -0.653. The third kappa shape index (κ3) is 5.04. The molecule has 0 bridgehead atoms. The second kappa shape index (κ2) is 10.7. The molecule has 7 heteroatoms. The van der Waals surface area contributed by atoms with Crippen molar-refractivity contribution in [2.75, 3.05) is 5.32 Å². The monoisotopic (exact) mass is 506 g/mol. The summed E-state index contributed by atoms with van der Waals surface area (Å²) in [6.07, 6.45) is 0. The lowest BCUT2D eigenvalue weighted by Gasteiger charge is -2.31. The van der Waals surface area contributed by atoms with Gasteiger partial charge in [0, 0.05) is 6.54 Å². The Morgan fingerprint density at radius 1 is 0.947 bits per heavy atom. The molecule has 5 rings (SSSR count). The van der Waals surface area contributed by atoms with Crippen LogP contribution in [0.5, 0.6) is 0 Å². The highest BCUT2D eigenvalue weighted by molar-refractivity contribution is 5.89. The largest absolute Gasteiger partial charge is 0.322 e. The van der Waals surface area contributed by atoms with Crippen LogP contribution in [0.25, 0.3) is 16.6 Å². The second-order valence-corrected chi connectivity index (χ2v) is 9.17. The third-order valence-corrected chi connectivity index (χ3v) is 6.47. The van der Waals surface area contributed by atoms with Crippen molar-refractivity contribution in [3.05, 3.63) is 136 Å². The summed E-state index contributed by atoms with van der Waals surface area (Å²) in [6.45, 7) is 4.00. The van der Waals surface area contributed by atoms with Crippen molar-refractivity contribution in [2.45, 2.75) is 26.4 Å². The highest BCUT2D eigenvalue weighted by Gasteiger charge is 2.28. The van der Waals surface area contributed by atoms with Crippen molar-refractivity contribution in [2.24, 2.45) is 0 Å². The maximum Gasteiger partial charge on any atom is 0.322 e. The molecule has 2 amide bonds. The van der Waals surface area contributed by atoms with E-state index in [0.717, 1.165) is 11.1 Å². The van der Waals surface area contributed by atoms with Gasteiger partial charge in [0.25, 0.3) is 5.56 Å². The first-order valence-electron chi connectivity index (χ1n) is 12.4. The van der Waals surface area contributed by atoms with E-state index in [1.165, 1.54) is 12.1 Å². The van der Waals surface area contributed by atoms with Crippen molar-refractivity contribution >= 4 is 22.6 Å². The number of nitrogens with zero attached hydrogens (tertiary/aromatic N) is 3. The number of hydrogen-bond acceptors (Lipinski definition) is 3. The van der Waals surface area contributed by atoms with Gasteiger partial charge in [0.2, 0.25) is 0 Å². The average Bonchev–Trinajstić information content (AvgIpc) is 2.93.